The average Bonchev–Trinajstić information content (AvgIpc) is 3.67. The van der Waals surface area contributed by atoms with Gasteiger partial charge in [-0.05, 0) is 60.7 Å². The molecule has 0 fully saturated rings. The summed E-state index contributed by atoms with van der Waals surface area (Å²) in [6, 6.07) is 28.7. The van der Waals surface area contributed by atoms with Gasteiger partial charge >= 0.3 is 25.4 Å². The number of benzene rings is 1. The predicted molar refractivity (Wildman–Crippen MR) is 190 cm³/mol. The molecule has 0 unspecified atom stereocenters. The number of rotatable bonds is 4. The Hall–Kier alpha value is -5.19. The number of nitrogens with two attached hydrogens (primary N) is 1. The van der Waals surface area contributed by atoms with E-state index in [-0.39, 0.29) is 25.0 Å². The van der Waals surface area contributed by atoms with Gasteiger partial charge in [-0.25, -0.2) is 4.79 Å². The van der Waals surface area contributed by atoms with Crippen LogP contribution >= 0.6 is 35.8 Å². The number of aromatic carboxylic acids is 1. The van der Waals surface area contributed by atoms with Gasteiger partial charge in [0.05, 0.1) is 38.7 Å². The third-order valence-corrected chi connectivity index (χ3v) is 7.16. The molecule has 0 atom stereocenters. The molecule has 0 aliphatic rings. The van der Waals surface area contributed by atoms with Crippen LogP contribution in [0.25, 0.3) is 60.4 Å². The topological polar surface area (TPSA) is 164 Å². The molecule has 0 aliphatic heterocycles. The van der Waals surface area contributed by atoms with E-state index >= 15 is 0 Å². The van der Waals surface area contributed by atoms with Crippen LogP contribution in [0.15, 0.2) is 116 Å². The van der Waals surface area contributed by atoms with Gasteiger partial charge in [-0.3, -0.25) is 24.5 Å². The van der Waals surface area contributed by atoms with Crippen LogP contribution in [0.2, 0.25) is 0 Å². The molecule has 1 aromatic carbocycles. The number of carboxylic acid groups (broad SMARTS) is 1. The summed E-state index contributed by atoms with van der Waals surface area (Å²) >= 11 is 8.97. The van der Waals surface area contributed by atoms with Gasteiger partial charge in [0.1, 0.15) is 10.7 Å². The zero-order chi connectivity index (χ0) is 32.9. The molecule has 0 saturated heterocycles. The van der Waals surface area contributed by atoms with Crippen LogP contribution < -0.4 is 5.73 Å². The Bertz CT molecular complexity index is 2150. The standard InChI is InChI=1S/C20H14N4S.C11H8N2O2.2CNS.Ru/c21-17-8-9-18(25-17)24-16-7-2-1-5-13(16)14-10-12-23-19(20(14)24)15-6-3-4-11-22-15;14-11(15)8-4-6-13-10(7-8)9-3-1-2-5-12-9;2*2-1-3;/h1-12H,21H2;1-7H,(H,14,15);;;/q;;2*-1;+2. The Kier molecular flexibility index (Phi) is 14.0. The van der Waals surface area contributed by atoms with Crippen molar-refractivity contribution in [2.45, 2.75) is 0 Å². The molecular weight excluding hydrogens is 738 g/mol. The van der Waals surface area contributed by atoms with E-state index in [9.17, 15) is 4.79 Å². The summed E-state index contributed by atoms with van der Waals surface area (Å²) in [7, 11) is 0. The van der Waals surface area contributed by atoms with Crippen molar-refractivity contribution in [2.75, 3.05) is 5.73 Å². The van der Waals surface area contributed by atoms with Crippen LogP contribution in [0.3, 0.4) is 0 Å². The smallest absolute Gasteiger partial charge is 0.753 e. The fourth-order valence-corrected chi connectivity index (χ4v) is 5.31. The van der Waals surface area contributed by atoms with Crippen LogP contribution in [0.4, 0.5) is 5.00 Å². The van der Waals surface area contributed by atoms with Gasteiger partial charge in [0.25, 0.3) is 0 Å². The predicted octanol–water partition coefficient (Wildman–Crippen LogP) is 8.04. The summed E-state index contributed by atoms with van der Waals surface area (Å²) < 4.78 is 2.24. The van der Waals surface area contributed by atoms with Crippen molar-refractivity contribution < 1.29 is 29.4 Å². The Morgan fingerprint density at radius 2 is 1.34 bits per heavy atom. The van der Waals surface area contributed by atoms with E-state index < -0.39 is 5.97 Å². The fourth-order valence-electron chi connectivity index (χ4n) is 4.51. The number of nitrogen functional groups attached to an aromatic ring is 1. The molecule has 0 bridgehead atoms. The number of para-hydroxylation sites is 1. The van der Waals surface area contributed by atoms with Crippen LogP contribution in [0.1, 0.15) is 10.4 Å². The third-order valence-electron chi connectivity index (χ3n) is 6.26. The van der Waals surface area contributed by atoms with E-state index in [2.05, 4.69) is 85.3 Å². The van der Waals surface area contributed by atoms with E-state index in [0.717, 1.165) is 32.4 Å². The van der Waals surface area contributed by atoms with E-state index in [1.807, 2.05) is 36.5 Å². The fraction of sp³-hybridized carbons (Fsp3) is 0. The number of anilines is 1. The monoisotopic (exact) mass is 760 g/mol. The number of nitrogens with zero attached hydrogens (tertiary/aromatic N) is 7. The molecule has 14 heteroatoms. The quantitative estimate of drug-likeness (QED) is 0.103. The van der Waals surface area contributed by atoms with Crippen molar-refractivity contribution in [1.29, 1.82) is 0 Å². The molecule has 0 amide bonds. The van der Waals surface area contributed by atoms with Crippen molar-refractivity contribution in [3.05, 3.63) is 132 Å². The number of pyridine rings is 4. The van der Waals surface area contributed by atoms with Gasteiger partial charge in [-0.1, -0.05) is 54.8 Å². The van der Waals surface area contributed by atoms with E-state index in [1.165, 1.54) is 39.4 Å². The number of hydrogen-bond donors (Lipinski definition) is 2. The van der Waals surface area contributed by atoms with E-state index in [0.29, 0.717) is 11.4 Å². The van der Waals surface area contributed by atoms with Gasteiger partial charge in [0.15, 0.2) is 0 Å². The molecular formula is C33H22N8O2RuS3. The average molecular weight is 760 g/mol. The van der Waals surface area contributed by atoms with Crippen LogP contribution in [0, 0.1) is 0 Å². The minimum atomic E-state index is -0.963. The number of isothiocyanates is 2. The maximum atomic E-state index is 10.7. The summed E-state index contributed by atoms with van der Waals surface area (Å²) in [5.74, 6) is -0.963. The second-order valence-corrected chi connectivity index (χ2v) is 10.4. The molecule has 10 nitrogen and oxygen atoms in total. The first-order valence-corrected chi connectivity index (χ1v) is 14.8. The number of thiophene rings is 1. The molecule has 7 aromatic rings. The molecule has 232 valence electrons. The molecule has 47 heavy (non-hydrogen) atoms. The number of aromatic nitrogens is 5. The molecule has 6 aromatic heterocycles. The largest absolute Gasteiger partial charge is 2.00 e. The van der Waals surface area contributed by atoms with Gasteiger partial charge in [-0.15, -0.1) is 11.3 Å². The zero-order valence-corrected chi connectivity index (χ0v) is 28.3. The Morgan fingerprint density at radius 1 is 0.745 bits per heavy atom. The van der Waals surface area contributed by atoms with Crippen molar-refractivity contribution in [1.82, 2.24) is 24.5 Å². The molecule has 6 heterocycles. The molecule has 7 rings (SSSR count). The van der Waals surface area contributed by atoms with Crippen LogP contribution in [-0.4, -0.2) is 45.9 Å². The summed E-state index contributed by atoms with van der Waals surface area (Å²) in [6.07, 6.45) is 6.76. The summed E-state index contributed by atoms with van der Waals surface area (Å²) in [4.78, 5) is 28.1. The summed E-state index contributed by atoms with van der Waals surface area (Å²) in [6.45, 7) is 0. The SMILES string of the molecule is Nc1ccc(-n2c3ccccc3c3ccnc(-c4ccccn4)c32)s1.O=C(O)c1ccnc(-c2ccccn2)c1.[N-]=C=S.[N-]=C=S.[Ru+2]. The van der Waals surface area contributed by atoms with Gasteiger partial charge < -0.3 is 21.7 Å². The number of carbonyl (C=O) groups is 1. The van der Waals surface area contributed by atoms with Crippen molar-refractivity contribution >= 4 is 78.9 Å². The van der Waals surface area contributed by atoms with Gasteiger partial charge in [-0.2, -0.15) is 10.3 Å². The Balaban J connectivity index is 0.000000234. The molecule has 0 saturated carbocycles. The zero-order valence-electron chi connectivity index (χ0n) is 24.1. The first-order valence-electron chi connectivity index (χ1n) is 13.2. The minimum Gasteiger partial charge on any atom is -0.753 e. The maximum absolute atomic E-state index is 10.7. The second-order valence-electron chi connectivity index (χ2n) is 8.93. The number of thiocarbonyl (C=S) groups is 2. The van der Waals surface area contributed by atoms with Crippen LogP contribution in [0.5, 0.6) is 0 Å². The van der Waals surface area contributed by atoms with Crippen molar-refractivity contribution in [3.8, 4) is 27.8 Å². The van der Waals surface area contributed by atoms with E-state index in [1.54, 1.807) is 35.9 Å². The van der Waals surface area contributed by atoms with Gasteiger partial charge in [0.2, 0.25) is 0 Å². The molecule has 0 spiro atoms. The maximum Gasteiger partial charge on any atom is 2.00 e. The van der Waals surface area contributed by atoms with Crippen molar-refractivity contribution in [3.63, 3.8) is 0 Å². The molecule has 3 N–H and O–H groups in total. The Labute approximate surface area is 296 Å². The number of fused-ring (bicyclic) bond motifs is 3. The first-order chi connectivity index (χ1) is 22.4. The Morgan fingerprint density at radius 3 is 1.94 bits per heavy atom. The second kappa shape index (κ2) is 18.1. The minimum absolute atomic E-state index is 0. The molecule has 0 aliphatic carbocycles. The summed E-state index contributed by atoms with van der Waals surface area (Å²) in [5.41, 5.74) is 11.4. The third kappa shape index (κ3) is 8.97. The van der Waals surface area contributed by atoms with Gasteiger partial charge in [0, 0.05) is 35.6 Å². The normalized spacial score (nSPS) is 9.53. The van der Waals surface area contributed by atoms with Crippen molar-refractivity contribution in [2.24, 2.45) is 0 Å². The van der Waals surface area contributed by atoms with E-state index in [4.69, 9.17) is 21.7 Å². The summed E-state index contributed by atoms with van der Waals surface area (Å²) in [5, 5.41) is 30.0. The molecule has 0 radical (unpaired) electrons. The number of hydrogen-bond acceptors (Lipinski definition) is 9. The number of carboxylic acids is 1. The first kappa shape index (κ1) is 36.3. The van der Waals surface area contributed by atoms with Crippen LogP contribution in [-0.2, 0) is 19.5 Å².